The maximum Gasteiger partial charge on any atom is 0.176 e. The van der Waals surface area contributed by atoms with Gasteiger partial charge in [0, 0.05) is 12.1 Å². The van der Waals surface area contributed by atoms with Gasteiger partial charge in [0.05, 0.1) is 13.2 Å². The van der Waals surface area contributed by atoms with Gasteiger partial charge in [0.25, 0.3) is 0 Å². The third-order valence-corrected chi connectivity index (χ3v) is 3.65. The SMILES string of the molecule is CCN(CCO)CC(=O)c1ccc2c(c1)CCC2. The van der Waals surface area contributed by atoms with E-state index in [0.29, 0.717) is 13.1 Å². The Bertz CT molecular complexity index is 429. The first-order valence-corrected chi connectivity index (χ1v) is 6.72. The first-order valence-electron chi connectivity index (χ1n) is 6.72. The predicted molar refractivity (Wildman–Crippen MR) is 72.0 cm³/mol. The molecule has 0 radical (unpaired) electrons. The predicted octanol–water partition coefficient (Wildman–Crippen LogP) is 1.67. The molecule has 0 aromatic heterocycles. The molecule has 3 heteroatoms. The van der Waals surface area contributed by atoms with Crippen LogP contribution in [0.2, 0.25) is 0 Å². The second kappa shape index (κ2) is 6.12. The lowest BCUT2D eigenvalue weighted by Crippen LogP contribution is -2.32. The topological polar surface area (TPSA) is 40.5 Å². The molecule has 0 aliphatic heterocycles. The average Bonchev–Trinajstić information content (AvgIpc) is 2.85. The van der Waals surface area contributed by atoms with Crippen LogP contribution < -0.4 is 0 Å². The molecule has 0 saturated carbocycles. The Morgan fingerprint density at radius 3 is 2.83 bits per heavy atom. The number of hydrogen-bond acceptors (Lipinski definition) is 3. The van der Waals surface area contributed by atoms with Gasteiger partial charge in [-0.1, -0.05) is 19.1 Å². The molecule has 98 valence electrons. The number of aliphatic hydroxyl groups is 1. The van der Waals surface area contributed by atoms with E-state index >= 15 is 0 Å². The van der Waals surface area contributed by atoms with E-state index in [1.165, 1.54) is 17.5 Å². The molecule has 1 N–H and O–H groups in total. The van der Waals surface area contributed by atoms with Crippen molar-refractivity contribution in [3.05, 3.63) is 34.9 Å². The summed E-state index contributed by atoms with van der Waals surface area (Å²) in [5.41, 5.74) is 3.55. The summed E-state index contributed by atoms with van der Waals surface area (Å²) >= 11 is 0. The molecular weight excluding hydrogens is 226 g/mol. The molecule has 0 amide bonds. The average molecular weight is 247 g/mol. The molecule has 0 fully saturated rings. The fraction of sp³-hybridized carbons (Fsp3) is 0.533. The van der Waals surface area contributed by atoms with E-state index in [1.54, 1.807) is 0 Å². The number of ketones is 1. The van der Waals surface area contributed by atoms with Gasteiger partial charge in [0.15, 0.2) is 5.78 Å². The number of likely N-dealkylation sites (N-methyl/N-ethyl adjacent to an activating group) is 1. The summed E-state index contributed by atoms with van der Waals surface area (Å²) in [4.78, 5) is 14.1. The molecule has 0 atom stereocenters. The number of carbonyl (C=O) groups excluding carboxylic acids is 1. The normalized spacial score (nSPS) is 13.9. The fourth-order valence-electron chi connectivity index (χ4n) is 2.53. The van der Waals surface area contributed by atoms with E-state index in [9.17, 15) is 4.79 Å². The number of aryl methyl sites for hydroxylation is 2. The largest absolute Gasteiger partial charge is 0.395 e. The van der Waals surface area contributed by atoms with E-state index in [0.717, 1.165) is 24.9 Å². The van der Waals surface area contributed by atoms with Crippen LogP contribution in [0.15, 0.2) is 18.2 Å². The highest BCUT2D eigenvalue weighted by Gasteiger charge is 2.15. The second-order valence-electron chi connectivity index (χ2n) is 4.85. The van der Waals surface area contributed by atoms with Gasteiger partial charge in [-0.25, -0.2) is 0 Å². The number of Topliss-reactive ketones (excluding diaryl/α,β-unsaturated/α-hetero) is 1. The Kier molecular flexibility index (Phi) is 4.50. The summed E-state index contributed by atoms with van der Waals surface area (Å²) in [7, 11) is 0. The molecule has 0 saturated heterocycles. The van der Waals surface area contributed by atoms with Gasteiger partial charge in [-0.05, 0) is 43.0 Å². The van der Waals surface area contributed by atoms with Gasteiger partial charge in [-0.15, -0.1) is 0 Å². The molecule has 3 nitrogen and oxygen atoms in total. The highest BCUT2D eigenvalue weighted by molar-refractivity contribution is 5.97. The quantitative estimate of drug-likeness (QED) is 0.777. The number of carbonyl (C=O) groups is 1. The molecule has 1 aromatic carbocycles. The van der Waals surface area contributed by atoms with Crippen LogP contribution >= 0.6 is 0 Å². The monoisotopic (exact) mass is 247 g/mol. The lowest BCUT2D eigenvalue weighted by molar-refractivity contribution is 0.0919. The van der Waals surface area contributed by atoms with Crippen molar-refractivity contribution >= 4 is 5.78 Å². The van der Waals surface area contributed by atoms with Gasteiger partial charge >= 0.3 is 0 Å². The van der Waals surface area contributed by atoms with Crippen molar-refractivity contribution in [2.75, 3.05) is 26.2 Å². The van der Waals surface area contributed by atoms with Crippen LogP contribution in [0.3, 0.4) is 0 Å². The minimum Gasteiger partial charge on any atom is -0.395 e. The van der Waals surface area contributed by atoms with Crippen LogP contribution in [0.4, 0.5) is 0 Å². The molecule has 2 rings (SSSR count). The van der Waals surface area contributed by atoms with E-state index in [2.05, 4.69) is 12.1 Å². The smallest absolute Gasteiger partial charge is 0.176 e. The summed E-state index contributed by atoms with van der Waals surface area (Å²) in [5, 5.41) is 8.93. The van der Waals surface area contributed by atoms with Crippen LogP contribution in [-0.2, 0) is 12.8 Å². The number of fused-ring (bicyclic) bond motifs is 1. The maximum atomic E-state index is 12.2. The molecule has 0 bridgehead atoms. The second-order valence-corrected chi connectivity index (χ2v) is 4.85. The van der Waals surface area contributed by atoms with E-state index in [-0.39, 0.29) is 12.4 Å². The summed E-state index contributed by atoms with van der Waals surface area (Å²) in [5.74, 6) is 0.153. The van der Waals surface area contributed by atoms with Crippen LogP contribution in [0.1, 0.15) is 34.8 Å². The Morgan fingerprint density at radius 2 is 2.11 bits per heavy atom. The highest BCUT2D eigenvalue weighted by atomic mass is 16.3. The highest BCUT2D eigenvalue weighted by Crippen LogP contribution is 2.23. The maximum absolute atomic E-state index is 12.2. The number of aliphatic hydroxyl groups excluding tert-OH is 1. The summed E-state index contributed by atoms with van der Waals surface area (Å²) in [6.45, 7) is 3.86. The Labute approximate surface area is 108 Å². The molecule has 1 aromatic rings. The van der Waals surface area contributed by atoms with E-state index < -0.39 is 0 Å². The van der Waals surface area contributed by atoms with E-state index in [4.69, 9.17) is 5.11 Å². The van der Waals surface area contributed by atoms with Gasteiger partial charge in [0.1, 0.15) is 0 Å². The number of hydrogen-bond donors (Lipinski definition) is 1. The lowest BCUT2D eigenvalue weighted by atomic mass is 10.0. The van der Waals surface area contributed by atoms with Crippen LogP contribution in [-0.4, -0.2) is 42.0 Å². The summed E-state index contributed by atoms with van der Waals surface area (Å²) in [6.07, 6.45) is 3.46. The minimum atomic E-state index is 0.102. The van der Waals surface area contributed by atoms with Crippen molar-refractivity contribution in [3.8, 4) is 0 Å². The molecule has 0 heterocycles. The number of benzene rings is 1. The van der Waals surface area contributed by atoms with Crippen molar-refractivity contribution < 1.29 is 9.90 Å². The molecule has 18 heavy (non-hydrogen) atoms. The van der Waals surface area contributed by atoms with Crippen molar-refractivity contribution in [2.24, 2.45) is 0 Å². The Balaban J connectivity index is 2.04. The molecule has 0 spiro atoms. The first kappa shape index (κ1) is 13.2. The van der Waals surface area contributed by atoms with Gasteiger partial charge in [-0.3, -0.25) is 9.69 Å². The molecule has 0 unspecified atom stereocenters. The van der Waals surface area contributed by atoms with Gasteiger partial charge in [-0.2, -0.15) is 0 Å². The lowest BCUT2D eigenvalue weighted by Gasteiger charge is -2.18. The Morgan fingerprint density at radius 1 is 1.33 bits per heavy atom. The van der Waals surface area contributed by atoms with Crippen molar-refractivity contribution in [1.29, 1.82) is 0 Å². The van der Waals surface area contributed by atoms with Crippen LogP contribution in [0, 0.1) is 0 Å². The summed E-state index contributed by atoms with van der Waals surface area (Å²) < 4.78 is 0. The van der Waals surface area contributed by atoms with Crippen LogP contribution in [0.25, 0.3) is 0 Å². The van der Waals surface area contributed by atoms with Crippen molar-refractivity contribution in [1.82, 2.24) is 4.90 Å². The first-order chi connectivity index (χ1) is 8.74. The van der Waals surface area contributed by atoms with Gasteiger partial charge in [0.2, 0.25) is 0 Å². The van der Waals surface area contributed by atoms with E-state index in [1.807, 2.05) is 17.9 Å². The Hall–Kier alpha value is -1.19. The fourth-order valence-corrected chi connectivity index (χ4v) is 2.53. The molecule has 1 aliphatic rings. The standard InChI is InChI=1S/C15H21NO2/c1-2-16(8-9-17)11-15(18)14-7-6-12-4-3-5-13(12)10-14/h6-7,10,17H,2-5,8-9,11H2,1H3. The van der Waals surface area contributed by atoms with Crippen molar-refractivity contribution in [2.45, 2.75) is 26.2 Å². The molecule has 1 aliphatic carbocycles. The van der Waals surface area contributed by atoms with Crippen LogP contribution in [0.5, 0.6) is 0 Å². The zero-order valence-electron chi connectivity index (χ0n) is 11.0. The zero-order valence-corrected chi connectivity index (χ0v) is 11.0. The minimum absolute atomic E-state index is 0.102. The third kappa shape index (κ3) is 2.98. The molecular formula is C15H21NO2. The van der Waals surface area contributed by atoms with Gasteiger partial charge < -0.3 is 5.11 Å². The zero-order chi connectivity index (χ0) is 13.0. The van der Waals surface area contributed by atoms with Crippen molar-refractivity contribution in [3.63, 3.8) is 0 Å². The number of rotatable bonds is 6. The number of nitrogens with zero attached hydrogens (tertiary/aromatic N) is 1. The summed E-state index contributed by atoms with van der Waals surface area (Å²) in [6, 6.07) is 6.09. The third-order valence-electron chi connectivity index (χ3n) is 3.65.